The van der Waals surface area contributed by atoms with Crippen molar-refractivity contribution in [3.63, 3.8) is 0 Å². The van der Waals surface area contributed by atoms with Crippen LogP contribution >= 0.6 is 0 Å². The van der Waals surface area contributed by atoms with Crippen molar-refractivity contribution in [2.75, 3.05) is 6.54 Å². The molecule has 16 heavy (non-hydrogen) atoms. The molecule has 0 spiro atoms. The average Bonchev–Trinajstić information content (AvgIpc) is 2.16. The van der Waals surface area contributed by atoms with Crippen molar-refractivity contribution in [3.8, 4) is 0 Å². The van der Waals surface area contributed by atoms with Gasteiger partial charge in [0.1, 0.15) is 5.69 Å². The lowest BCUT2D eigenvalue weighted by molar-refractivity contribution is -0.141. The first kappa shape index (κ1) is 12.8. The summed E-state index contributed by atoms with van der Waals surface area (Å²) in [5.41, 5.74) is 3.72. The van der Waals surface area contributed by atoms with Crippen LogP contribution in [0.4, 0.5) is 22.0 Å². The van der Waals surface area contributed by atoms with E-state index >= 15 is 0 Å². The third-order valence-electron chi connectivity index (χ3n) is 1.88. The highest BCUT2D eigenvalue weighted by atomic mass is 19.4. The first-order chi connectivity index (χ1) is 7.24. The van der Waals surface area contributed by atoms with Crippen LogP contribution in [0.15, 0.2) is 18.3 Å². The first-order valence-electron chi connectivity index (χ1n) is 4.34. The van der Waals surface area contributed by atoms with E-state index in [1.165, 1.54) is 0 Å². The third kappa shape index (κ3) is 3.41. The van der Waals surface area contributed by atoms with Crippen molar-refractivity contribution in [1.29, 1.82) is 0 Å². The number of pyridine rings is 1. The van der Waals surface area contributed by atoms with Crippen LogP contribution in [-0.4, -0.2) is 17.5 Å². The minimum atomic E-state index is -4.56. The number of alkyl halides is 5. The SMILES string of the molecule is NCC(F)(F)Cc1ccc(C(F)(F)F)nc1. The van der Waals surface area contributed by atoms with E-state index in [0.29, 0.717) is 6.07 Å². The van der Waals surface area contributed by atoms with Crippen molar-refractivity contribution in [2.45, 2.75) is 18.5 Å². The Hall–Kier alpha value is -1.24. The Labute approximate surface area is 88.3 Å². The summed E-state index contributed by atoms with van der Waals surface area (Å²) in [6.45, 7) is -0.853. The highest BCUT2D eigenvalue weighted by Gasteiger charge is 2.33. The Morgan fingerprint density at radius 3 is 2.12 bits per heavy atom. The summed E-state index contributed by atoms with van der Waals surface area (Å²) in [5, 5.41) is 0. The Morgan fingerprint density at radius 2 is 1.75 bits per heavy atom. The van der Waals surface area contributed by atoms with Crippen LogP contribution in [0.1, 0.15) is 11.3 Å². The molecule has 0 amide bonds. The van der Waals surface area contributed by atoms with Crippen LogP contribution in [0.3, 0.4) is 0 Å². The number of rotatable bonds is 3. The molecule has 1 aromatic rings. The van der Waals surface area contributed by atoms with Crippen molar-refractivity contribution >= 4 is 0 Å². The summed E-state index contributed by atoms with van der Waals surface area (Å²) in [6.07, 6.45) is -4.49. The van der Waals surface area contributed by atoms with Gasteiger partial charge in [0.15, 0.2) is 0 Å². The molecule has 0 aromatic carbocycles. The molecule has 7 heteroatoms. The molecule has 90 valence electrons. The van der Waals surface area contributed by atoms with Gasteiger partial charge in [-0.15, -0.1) is 0 Å². The second-order valence-corrected chi connectivity index (χ2v) is 3.29. The molecular weight excluding hydrogens is 231 g/mol. The Morgan fingerprint density at radius 1 is 1.12 bits per heavy atom. The topological polar surface area (TPSA) is 38.9 Å². The minimum absolute atomic E-state index is 0.0171. The monoisotopic (exact) mass is 240 g/mol. The van der Waals surface area contributed by atoms with Gasteiger partial charge >= 0.3 is 6.18 Å². The summed E-state index contributed by atoms with van der Waals surface area (Å²) in [5.74, 6) is -3.12. The van der Waals surface area contributed by atoms with E-state index in [1.807, 2.05) is 0 Å². The molecule has 0 bridgehead atoms. The second-order valence-electron chi connectivity index (χ2n) is 3.29. The largest absolute Gasteiger partial charge is 0.433 e. The molecule has 0 unspecified atom stereocenters. The number of hydrogen-bond acceptors (Lipinski definition) is 2. The molecule has 1 heterocycles. The molecule has 0 aliphatic carbocycles. The lowest BCUT2D eigenvalue weighted by atomic mass is 10.1. The Kier molecular flexibility index (Phi) is 3.47. The van der Waals surface area contributed by atoms with E-state index in [1.54, 1.807) is 0 Å². The van der Waals surface area contributed by atoms with Gasteiger partial charge in [-0.3, -0.25) is 4.98 Å². The number of nitrogens with zero attached hydrogens (tertiary/aromatic N) is 1. The predicted molar refractivity (Wildman–Crippen MR) is 46.9 cm³/mol. The zero-order valence-electron chi connectivity index (χ0n) is 8.06. The summed E-state index contributed by atoms with van der Waals surface area (Å²) in [6, 6.07) is 1.64. The molecule has 2 nitrogen and oxygen atoms in total. The van der Waals surface area contributed by atoms with Gasteiger partial charge in [0.2, 0.25) is 0 Å². The van der Waals surface area contributed by atoms with E-state index in [4.69, 9.17) is 5.73 Å². The van der Waals surface area contributed by atoms with E-state index in [2.05, 4.69) is 4.98 Å². The average molecular weight is 240 g/mol. The van der Waals surface area contributed by atoms with Crippen LogP contribution in [0.2, 0.25) is 0 Å². The van der Waals surface area contributed by atoms with Gasteiger partial charge in [0, 0.05) is 12.6 Å². The molecule has 1 rings (SSSR count). The van der Waals surface area contributed by atoms with Crippen LogP contribution < -0.4 is 5.73 Å². The van der Waals surface area contributed by atoms with E-state index in [0.717, 1.165) is 12.3 Å². The standard InChI is InChI=1S/C9H9F5N2/c10-8(11,5-15)3-6-1-2-7(16-4-6)9(12,13)14/h1-2,4H,3,5,15H2. The van der Waals surface area contributed by atoms with Crippen molar-refractivity contribution in [2.24, 2.45) is 5.73 Å². The van der Waals surface area contributed by atoms with E-state index in [-0.39, 0.29) is 5.56 Å². The van der Waals surface area contributed by atoms with Gasteiger partial charge in [-0.25, -0.2) is 8.78 Å². The summed E-state index contributed by atoms with van der Waals surface area (Å²) < 4.78 is 61.9. The van der Waals surface area contributed by atoms with Gasteiger partial charge in [-0.1, -0.05) is 6.07 Å². The number of hydrogen-bond donors (Lipinski definition) is 1. The summed E-state index contributed by atoms with van der Waals surface area (Å²) in [4.78, 5) is 3.07. The minimum Gasteiger partial charge on any atom is -0.325 e. The lowest BCUT2D eigenvalue weighted by Crippen LogP contribution is -2.30. The smallest absolute Gasteiger partial charge is 0.325 e. The van der Waals surface area contributed by atoms with Gasteiger partial charge in [0.25, 0.3) is 5.92 Å². The third-order valence-corrected chi connectivity index (χ3v) is 1.88. The fourth-order valence-corrected chi connectivity index (χ4v) is 1.07. The Balaban J connectivity index is 2.80. The maximum atomic E-state index is 12.8. The maximum Gasteiger partial charge on any atom is 0.433 e. The first-order valence-corrected chi connectivity index (χ1v) is 4.34. The van der Waals surface area contributed by atoms with E-state index in [9.17, 15) is 22.0 Å². The number of aromatic nitrogens is 1. The van der Waals surface area contributed by atoms with E-state index < -0.39 is 30.8 Å². The van der Waals surface area contributed by atoms with Gasteiger partial charge in [0.05, 0.1) is 6.54 Å². The molecule has 0 radical (unpaired) electrons. The zero-order chi connectivity index (χ0) is 12.4. The van der Waals surface area contributed by atoms with Crippen molar-refractivity contribution in [1.82, 2.24) is 4.98 Å². The van der Waals surface area contributed by atoms with Crippen molar-refractivity contribution in [3.05, 3.63) is 29.6 Å². The van der Waals surface area contributed by atoms with Crippen LogP contribution in [-0.2, 0) is 12.6 Å². The normalized spacial score (nSPS) is 12.9. The molecule has 0 saturated heterocycles. The molecule has 0 atom stereocenters. The maximum absolute atomic E-state index is 12.8. The Bertz CT molecular complexity index is 344. The summed E-state index contributed by atoms with van der Waals surface area (Å²) >= 11 is 0. The molecule has 0 aliphatic heterocycles. The van der Waals surface area contributed by atoms with Gasteiger partial charge in [-0.2, -0.15) is 13.2 Å². The quantitative estimate of drug-likeness (QED) is 0.823. The molecule has 0 saturated carbocycles. The number of nitrogens with two attached hydrogens (primary N) is 1. The second kappa shape index (κ2) is 4.32. The molecule has 0 aliphatic rings. The van der Waals surface area contributed by atoms with Crippen LogP contribution in [0, 0.1) is 0 Å². The zero-order valence-corrected chi connectivity index (χ0v) is 8.06. The van der Waals surface area contributed by atoms with Crippen LogP contribution in [0.25, 0.3) is 0 Å². The van der Waals surface area contributed by atoms with Gasteiger partial charge in [-0.05, 0) is 11.6 Å². The number of halogens is 5. The molecule has 2 N–H and O–H groups in total. The molecule has 0 fully saturated rings. The molecular formula is C9H9F5N2. The van der Waals surface area contributed by atoms with Gasteiger partial charge < -0.3 is 5.73 Å². The lowest BCUT2D eigenvalue weighted by Gasteiger charge is -2.13. The summed E-state index contributed by atoms with van der Waals surface area (Å²) in [7, 11) is 0. The fraction of sp³-hybridized carbons (Fsp3) is 0.444. The molecule has 1 aromatic heterocycles. The highest BCUT2D eigenvalue weighted by molar-refractivity contribution is 5.17. The highest BCUT2D eigenvalue weighted by Crippen LogP contribution is 2.27. The fourth-order valence-electron chi connectivity index (χ4n) is 1.07. The van der Waals surface area contributed by atoms with Crippen molar-refractivity contribution < 1.29 is 22.0 Å². The predicted octanol–water partition coefficient (Wildman–Crippen LogP) is 2.24. The van der Waals surface area contributed by atoms with Crippen LogP contribution in [0.5, 0.6) is 0 Å².